The first-order chi connectivity index (χ1) is 10.4. The molecule has 0 radical (unpaired) electrons. The van der Waals surface area contributed by atoms with Crippen molar-refractivity contribution in [2.24, 2.45) is 0 Å². The van der Waals surface area contributed by atoms with Crippen molar-refractivity contribution in [1.82, 2.24) is 5.32 Å². The van der Waals surface area contributed by atoms with E-state index in [-0.39, 0.29) is 24.6 Å². The van der Waals surface area contributed by atoms with Gasteiger partial charge in [-0.1, -0.05) is 11.6 Å². The van der Waals surface area contributed by atoms with Gasteiger partial charge in [-0.15, -0.1) is 12.4 Å². The molecule has 0 saturated heterocycles. The molecule has 0 unspecified atom stereocenters. The number of hydrogen-bond acceptors (Lipinski definition) is 3. The maximum Gasteiger partial charge on any atom is 0.417 e. The number of hydrogen-bond donors (Lipinski definition) is 2. The minimum absolute atomic E-state index is 0. The van der Waals surface area contributed by atoms with Gasteiger partial charge in [0.2, 0.25) is 5.91 Å². The van der Waals surface area contributed by atoms with Gasteiger partial charge in [0.15, 0.2) is 0 Å². The lowest BCUT2D eigenvalue weighted by Gasteiger charge is -2.12. The number of nitrogens with one attached hydrogen (secondary N) is 2. The van der Waals surface area contributed by atoms with Gasteiger partial charge in [0.05, 0.1) is 29.9 Å². The molecule has 9 heteroatoms. The fraction of sp³-hybridized carbons (Fsp3) is 0.214. The molecule has 0 bridgehead atoms. The third kappa shape index (κ3) is 5.78. The summed E-state index contributed by atoms with van der Waals surface area (Å²) in [6.45, 7) is 0.277. The summed E-state index contributed by atoms with van der Waals surface area (Å²) in [5.74, 6) is 0.181. The van der Waals surface area contributed by atoms with Crippen molar-refractivity contribution in [1.29, 1.82) is 0 Å². The molecule has 23 heavy (non-hydrogen) atoms. The highest BCUT2D eigenvalue weighted by molar-refractivity contribution is 6.31. The minimum Gasteiger partial charge on any atom is -0.468 e. The van der Waals surface area contributed by atoms with Crippen LogP contribution in [-0.2, 0) is 17.5 Å². The fourth-order valence-electron chi connectivity index (χ4n) is 1.74. The second-order valence-corrected chi connectivity index (χ2v) is 4.83. The van der Waals surface area contributed by atoms with E-state index < -0.39 is 22.7 Å². The quantitative estimate of drug-likeness (QED) is 0.835. The van der Waals surface area contributed by atoms with Crippen LogP contribution in [-0.4, -0.2) is 12.5 Å². The highest BCUT2D eigenvalue weighted by Crippen LogP contribution is 2.36. The molecule has 0 spiro atoms. The van der Waals surface area contributed by atoms with Crippen LogP contribution in [0.3, 0.4) is 0 Å². The Balaban J connectivity index is 0.00000264. The van der Waals surface area contributed by atoms with Crippen LogP contribution in [0.4, 0.5) is 18.9 Å². The molecular formula is C14H13Cl2F3N2O2. The van der Waals surface area contributed by atoms with Gasteiger partial charge < -0.3 is 15.1 Å². The number of rotatable bonds is 5. The van der Waals surface area contributed by atoms with E-state index in [1.807, 2.05) is 0 Å². The van der Waals surface area contributed by atoms with E-state index in [4.69, 9.17) is 16.0 Å². The van der Waals surface area contributed by atoms with Gasteiger partial charge >= 0.3 is 6.18 Å². The maximum absolute atomic E-state index is 12.7. The van der Waals surface area contributed by atoms with Crippen molar-refractivity contribution in [2.75, 3.05) is 11.9 Å². The lowest BCUT2D eigenvalue weighted by atomic mass is 10.2. The smallest absolute Gasteiger partial charge is 0.417 e. The Morgan fingerprint density at radius 3 is 2.61 bits per heavy atom. The predicted octanol–water partition coefficient (Wildman–Crippen LogP) is 4.10. The third-order valence-electron chi connectivity index (χ3n) is 2.72. The van der Waals surface area contributed by atoms with E-state index in [9.17, 15) is 18.0 Å². The van der Waals surface area contributed by atoms with Crippen LogP contribution >= 0.6 is 24.0 Å². The van der Waals surface area contributed by atoms with Gasteiger partial charge in [-0.3, -0.25) is 4.79 Å². The van der Waals surface area contributed by atoms with E-state index >= 15 is 0 Å². The van der Waals surface area contributed by atoms with Gasteiger partial charge in [-0.25, -0.2) is 0 Å². The maximum atomic E-state index is 12.7. The van der Waals surface area contributed by atoms with E-state index in [0.717, 1.165) is 12.1 Å². The molecule has 126 valence electrons. The minimum atomic E-state index is -4.57. The normalized spacial score (nSPS) is 11.0. The molecular weight excluding hydrogens is 356 g/mol. The zero-order valence-corrected chi connectivity index (χ0v) is 13.2. The Bertz CT molecular complexity index is 646. The topological polar surface area (TPSA) is 54.3 Å². The first kappa shape index (κ1) is 19.3. The first-order valence-electron chi connectivity index (χ1n) is 6.26. The van der Waals surface area contributed by atoms with Crippen LogP contribution in [0.15, 0.2) is 41.0 Å². The average molecular weight is 369 g/mol. The molecule has 0 aliphatic rings. The summed E-state index contributed by atoms with van der Waals surface area (Å²) in [7, 11) is 0. The highest BCUT2D eigenvalue weighted by atomic mass is 35.5. The van der Waals surface area contributed by atoms with Crippen LogP contribution in [0.5, 0.6) is 0 Å². The molecule has 1 amide bonds. The van der Waals surface area contributed by atoms with Gasteiger partial charge in [-0.05, 0) is 30.3 Å². The molecule has 1 heterocycles. The lowest BCUT2D eigenvalue weighted by Crippen LogP contribution is -2.27. The second kappa shape index (κ2) is 8.24. The van der Waals surface area contributed by atoms with Crippen LogP contribution in [0.1, 0.15) is 11.3 Å². The van der Waals surface area contributed by atoms with Crippen molar-refractivity contribution in [3.05, 3.63) is 52.9 Å². The van der Waals surface area contributed by atoms with Gasteiger partial charge in [-0.2, -0.15) is 13.2 Å². The molecule has 0 saturated carbocycles. The molecule has 0 aliphatic heterocycles. The highest BCUT2D eigenvalue weighted by Gasteiger charge is 2.33. The number of halogens is 5. The van der Waals surface area contributed by atoms with E-state index in [1.165, 1.54) is 12.3 Å². The molecule has 0 atom stereocenters. The van der Waals surface area contributed by atoms with E-state index in [1.54, 1.807) is 12.1 Å². The Morgan fingerprint density at radius 2 is 2.00 bits per heavy atom. The Kier molecular flexibility index (Phi) is 6.93. The molecule has 1 aromatic carbocycles. The zero-order chi connectivity index (χ0) is 16.2. The molecule has 2 rings (SSSR count). The molecule has 4 nitrogen and oxygen atoms in total. The van der Waals surface area contributed by atoms with E-state index in [2.05, 4.69) is 10.6 Å². The summed E-state index contributed by atoms with van der Waals surface area (Å²) in [4.78, 5) is 11.7. The SMILES string of the molecule is Cl.O=C(CNCc1ccco1)Nc1ccc(Cl)c(C(F)(F)F)c1. The number of benzene rings is 1. The number of furan rings is 1. The molecule has 2 aromatic rings. The zero-order valence-electron chi connectivity index (χ0n) is 11.6. The fourth-order valence-corrected chi connectivity index (χ4v) is 1.96. The summed E-state index contributed by atoms with van der Waals surface area (Å²) in [6.07, 6.45) is -3.07. The summed E-state index contributed by atoms with van der Waals surface area (Å²) in [5.41, 5.74) is -0.961. The van der Waals surface area contributed by atoms with Crippen molar-refractivity contribution >= 4 is 35.6 Å². The summed E-state index contributed by atoms with van der Waals surface area (Å²) in [6, 6.07) is 6.65. The first-order valence-corrected chi connectivity index (χ1v) is 6.64. The van der Waals surface area contributed by atoms with Crippen LogP contribution in [0.25, 0.3) is 0 Å². The van der Waals surface area contributed by atoms with Crippen LogP contribution in [0.2, 0.25) is 5.02 Å². The van der Waals surface area contributed by atoms with Crippen molar-refractivity contribution < 1.29 is 22.4 Å². The van der Waals surface area contributed by atoms with Crippen LogP contribution < -0.4 is 10.6 Å². The number of carbonyl (C=O) groups is 1. The molecule has 0 fully saturated rings. The molecule has 1 aromatic heterocycles. The summed E-state index contributed by atoms with van der Waals surface area (Å²) >= 11 is 5.50. The van der Waals surface area contributed by atoms with Crippen molar-refractivity contribution in [3.8, 4) is 0 Å². The molecule has 2 N–H and O–H groups in total. The average Bonchev–Trinajstić information content (AvgIpc) is 2.93. The largest absolute Gasteiger partial charge is 0.468 e. The van der Waals surface area contributed by atoms with E-state index in [0.29, 0.717) is 12.3 Å². The Labute approximate surface area is 141 Å². The number of amides is 1. The molecule has 0 aliphatic carbocycles. The summed E-state index contributed by atoms with van der Waals surface area (Å²) < 4.78 is 43.2. The Morgan fingerprint density at radius 1 is 1.26 bits per heavy atom. The number of alkyl halides is 3. The Hall–Kier alpha value is -1.70. The summed E-state index contributed by atoms with van der Waals surface area (Å²) in [5, 5.41) is 4.77. The number of anilines is 1. The lowest BCUT2D eigenvalue weighted by molar-refractivity contribution is -0.137. The van der Waals surface area contributed by atoms with Gasteiger partial charge in [0.1, 0.15) is 5.76 Å². The van der Waals surface area contributed by atoms with Crippen LogP contribution in [0, 0.1) is 0 Å². The van der Waals surface area contributed by atoms with Gasteiger partial charge in [0, 0.05) is 5.69 Å². The van der Waals surface area contributed by atoms with Gasteiger partial charge in [0.25, 0.3) is 0 Å². The predicted molar refractivity (Wildman–Crippen MR) is 82.7 cm³/mol. The van der Waals surface area contributed by atoms with Crippen molar-refractivity contribution in [2.45, 2.75) is 12.7 Å². The number of carbonyl (C=O) groups excluding carboxylic acids is 1. The van der Waals surface area contributed by atoms with Crippen molar-refractivity contribution in [3.63, 3.8) is 0 Å². The monoisotopic (exact) mass is 368 g/mol. The standard InChI is InChI=1S/C14H12ClF3N2O2.ClH/c15-12-4-3-9(6-11(12)14(16,17)18)20-13(21)8-19-7-10-2-1-5-22-10;/h1-6,19H,7-8H2,(H,20,21);1H. The second-order valence-electron chi connectivity index (χ2n) is 4.42. The third-order valence-corrected chi connectivity index (χ3v) is 3.05.